The molecule has 0 saturated heterocycles. The molecule has 2 aliphatic rings. The van der Waals surface area contributed by atoms with E-state index in [9.17, 15) is 4.79 Å². The first-order valence-corrected chi connectivity index (χ1v) is 9.12. The van der Waals surface area contributed by atoms with Crippen LogP contribution in [0.4, 0.5) is 5.95 Å². The minimum absolute atomic E-state index is 0.173. The van der Waals surface area contributed by atoms with Crippen molar-refractivity contribution in [2.24, 2.45) is 0 Å². The van der Waals surface area contributed by atoms with Crippen molar-refractivity contribution in [3.63, 3.8) is 0 Å². The fraction of sp³-hybridized carbons (Fsp3) is 0.353. The van der Waals surface area contributed by atoms with Gasteiger partial charge in [0.05, 0.1) is 7.11 Å². The molecule has 6 nitrogen and oxygen atoms in total. The summed E-state index contributed by atoms with van der Waals surface area (Å²) < 4.78 is 7.35. The lowest BCUT2D eigenvalue weighted by Crippen LogP contribution is -2.31. The van der Waals surface area contributed by atoms with Gasteiger partial charge < -0.3 is 10.1 Å². The Bertz CT molecular complexity index is 843. The largest absolute Gasteiger partial charge is 0.496 e. The summed E-state index contributed by atoms with van der Waals surface area (Å²) in [6.45, 7) is 0. The molecule has 24 heavy (non-hydrogen) atoms. The van der Waals surface area contributed by atoms with Gasteiger partial charge in [-0.25, -0.2) is 4.68 Å². The molecule has 1 aromatic carbocycles. The van der Waals surface area contributed by atoms with E-state index in [2.05, 4.69) is 15.4 Å². The summed E-state index contributed by atoms with van der Waals surface area (Å²) >= 11 is 1.49. The molecule has 7 heteroatoms. The summed E-state index contributed by atoms with van der Waals surface area (Å²) in [6.07, 6.45) is 4.24. The number of nitrogens with one attached hydrogen (secondary N) is 1. The molecule has 1 aliphatic carbocycles. The Labute approximate surface area is 144 Å². The zero-order valence-corrected chi connectivity index (χ0v) is 14.4. The van der Waals surface area contributed by atoms with Crippen LogP contribution < -0.4 is 10.1 Å². The summed E-state index contributed by atoms with van der Waals surface area (Å²) in [7, 11) is 1.65. The summed E-state index contributed by atoms with van der Waals surface area (Å²) in [5, 5.41) is 8.59. The van der Waals surface area contributed by atoms with Crippen LogP contribution in [0.5, 0.6) is 5.75 Å². The van der Waals surface area contributed by atoms with Gasteiger partial charge in [-0.05, 0) is 25.2 Å². The minimum Gasteiger partial charge on any atom is -0.496 e. The number of anilines is 1. The molecule has 0 spiro atoms. The van der Waals surface area contributed by atoms with Gasteiger partial charge >= 0.3 is 0 Å². The van der Waals surface area contributed by atoms with Crippen molar-refractivity contribution in [3.8, 4) is 5.75 Å². The molecule has 124 valence electrons. The normalized spacial score (nSPS) is 19.6. The van der Waals surface area contributed by atoms with Gasteiger partial charge in [-0.1, -0.05) is 30.0 Å². The number of ether oxygens (including phenoxy) is 1. The zero-order valence-electron chi connectivity index (χ0n) is 13.6. The molecule has 2 aromatic rings. The van der Waals surface area contributed by atoms with Crippen LogP contribution in [0, 0.1) is 0 Å². The number of rotatable bonds is 3. The van der Waals surface area contributed by atoms with Crippen molar-refractivity contribution >= 4 is 23.5 Å². The van der Waals surface area contributed by atoms with Crippen LogP contribution in [-0.4, -0.2) is 33.9 Å². The molecule has 1 aliphatic heterocycles. The number of hydrogen-bond acceptors (Lipinski definition) is 6. The maximum absolute atomic E-state index is 12.7. The number of aromatic nitrogens is 3. The number of ketones is 1. The molecule has 2 heterocycles. The number of para-hydroxylation sites is 1. The van der Waals surface area contributed by atoms with E-state index in [1.165, 1.54) is 11.8 Å². The molecule has 0 amide bonds. The van der Waals surface area contributed by atoms with Gasteiger partial charge in [0.25, 0.3) is 0 Å². The number of carbonyl (C=O) groups is 1. The predicted octanol–water partition coefficient (Wildman–Crippen LogP) is 3.03. The lowest BCUT2D eigenvalue weighted by molar-refractivity contribution is -0.116. The number of benzene rings is 1. The summed E-state index contributed by atoms with van der Waals surface area (Å²) in [6, 6.07) is 7.49. The average Bonchev–Trinajstić information content (AvgIpc) is 3.03. The molecule has 1 aromatic heterocycles. The van der Waals surface area contributed by atoms with E-state index in [1.54, 1.807) is 7.11 Å². The number of methoxy groups -OCH3 is 1. The number of hydrogen-bond donors (Lipinski definition) is 1. The van der Waals surface area contributed by atoms with Crippen LogP contribution in [0.2, 0.25) is 0 Å². The smallest absolute Gasteiger partial charge is 0.227 e. The Kier molecular flexibility index (Phi) is 3.80. The van der Waals surface area contributed by atoms with Crippen molar-refractivity contribution in [1.29, 1.82) is 0 Å². The average molecular weight is 342 g/mol. The third-order valence-corrected chi connectivity index (χ3v) is 5.00. The van der Waals surface area contributed by atoms with Gasteiger partial charge in [-0.3, -0.25) is 4.79 Å². The Morgan fingerprint density at radius 3 is 2.96 bits per heavy atom. The lowest BCUT2D eigenvalue weighted by Gasteiger charge is -2.32. The quantitative estimate of drug-likeness (QED) is 0.865. The minimum atomic E-state index is -0.298. The first kappa shape index (κ1) is 15.3. The van der Waals surface area contributed by atoms with Gasteiger partial charge in [0.15, 0.2) is 5.78 Å². The van der Waals surface area contributed by atoms with Crippen molar-refractivity contribution in [3.05, 3.63) is 41.1 Å². The fourth-order valence-corrected chi connectivity index (χ4v) is 3.75. The molecule has 0 fully saturated rings. The molecular weight excluding hydrogens is 324 g/mol. The van der Waals surface area contributed by atoms with E-state index < -0.39 is 0 Å². The molecular formula is C17H18N4O2S. The summed E-state index contributed by atoms with van der Waals surface area (Å²) in [5.41, 5.74) is 2.69. The first-order chi connectivity index (χ1) is 11.7. The van der Waals surface area contributed by atoms with E-state index in [4.69, 9.17) is 4.74 Å². The van der Waals surface area contributed by atoms with Gasteiger partial charge in [0.2, 0.25) is 11.1 Å². The highest BCUT2D eigenvalue weighted by molar-refractivity contribution is 7.98. The van der Waals surface area contributed by atoms with Gasteiger partial charge in [-0.15, -0.1) is 5.10 Å². The van der Waals surface area contributed by atoms with Crippen molar-refractivity contribution in [1.82, 2.24) is 14.8 Å². The Hall–Kier alpha value is -2.28. The van der Waals surface area contributed by atoms with E-state index in [-0.39, 0.29) is 11.8 Å². The summed E-state index contributed by atoms with van der Waals surface area (Å²) in [4.78, 5) is 17.2. The predicted molar refractivity (Wildman–Crippen MR) is 92.4 cm³/mol. The summed E-state index contributed by atoms with van der Waals surface area (Å²) in [5.74, 6) is 1.61. The zero-order chi connectivity index (χ0) is 16.7. The monoisotopic (exact) mass is 342 g/mol. The van der Waals surface area contributed by atoms with Gasteiger partial charge in [-0.2, -0.15) is 4.98 Å². The molecule has 0 radical (unpaired) electrons. The van der Waals surface area contributed by atoms with Crippen molar-refractivity contribution in [2.45, 2.75) is 30.5 Å². The van der Waals surface area contributed by atoms with Crippen molar-refractivity contribution in [2.75, 3.05) is 18.7 Å². The number of fused-ring (bicyclic) bond motifs is 1. The highest BCUT2D eigenvalue weighted by atomic mass is 32.2. The van der Waals surface area contributed by atoms with Crippen LogP contribution in [-0.2, 0) is 4.79 Å². The number of Topliss-reactive ketones (excluding diaryl/α,β-unsaturated/α-hetero) is 1. The Morgan fingerprint density at radius 1 is 1.33 bits per heavy atom. The maximum Gasteiger partial charge on any atom is 0.227 e. The van der Waals surface area contributed by atoms with E-state index >= 15 is 0 Å². The number of nitrogens with zero attached hydrogens (tertiary/aromatic N) is 3. The molecule has 4 rings (SSSR count). The number of thioether (sulfide) groups is 1. The topological polar surface area (TPSA) is 69.0 Å². The third-order valence-electron chi connectivity index (χ3n) is 4.46. The third kappa shape index (κ3) is 2.31. The van der Waals surface area contributed by atoms with E-state index in [0.29, 0.717) is 17.5 Å². The van der Waals surface area contributed by atoms with E-state index in [0.717, 1.165) is 35.4 Å². The Morgan fingerprint density at radius 2 is 2.17 bits per heavy atom. The van der Waals surface area contributed by atoms with Crippen molar-refractivity contribution < 1.29 is 9.53 Å². The van der Waals surface area contributed by atoms with Crippen LogP contribution >= 0.6 is 11.8 Å². The van der Waals surface area contributed by atoms with Gasteiger partial charge in [0, 0.05) is 23.3 Å². The van der Waals surface area contributed by atoms with Crippen LogP contribution in [0.15, 0.2) is 40.7 Å². The number of carbonyl (C=O) groups excluding carboxylic acids is 1. The molecule has 0 saturated carbocycles. The van der Waals surface area contributed by atoms with Crippen LogP contribution in [0.25, 0.3) is 0 Å². The molecule has 1 N–H and O–H groups in total. The molecule has 1 atom stereocenters. The fourth-order valence-electron chi connectivity index (χ4n) is 3.40. The highest BCUT2D eigenvalue weighted by Gasteiger charge is 2.37. The Balaban J connectivity index is 1.95. The van der Waals surface area contributed by atoms with Crippen LogP contribution in [0.3, 0.4) is 0 Å². The maximum atomic E-state index is 12.7. The van der Waals surface area contributed by atoms with Crippen LogP contribution in [0.1, 0.15) is 30.9 Å². The van der Waals surface area contributed by atoms with E-state index in [1.807, 2.05) is 35.2 Å². The molecule has 1 unspecified atom stereocenters. The number of allylic oxidation sites excluding steroid dienone is 2. The highest BCUT2D eigenvalue weighted by Crippen LogP contribution is 2.42. The second-order valence-electron chi connectivity index (χ2n) is 5.81. The SMILES string of the molecule is COc1ccccc1C1C2=C(CCCC2=O)Nc2nc(SC)nn21. The van der Waals surface area contributed by atoms with Gasteiger partial charge in [0.1, 0.15) is 11.8 Å². The second kappa shape index (κ2) is 5.98. The lowest BCUT2D eigenvalue weighted by atomic mass is 9.85. The standard InChI is InChI=1S/C17H18N4O2S/c1-23-13-9-4-3-6-10(13)15-14-11(7-5-8-12(14)22)18-16-19-17(24-2)20-21(15)16/h3-4,6,9,15H,5,7-8H2,1-2H3,(H,18,19,20). The second-order valence-corrected chi connectivity index (χ2v) is 6.58. The molecule has 0 bridgehead atoms. The first-order valence-electron chi connectivity index (χ1n) is 7.89.